The molecule has 0 aliphatic rings. The van der Waals surface area contributed by atoms with Crippen molar-refractivity contribution in [3.05, 3.63) is 40.0 Å². The number of halogens is 1. The second-order valence-electron chi connectivity index (χ2n) is 4.01. The molecular weight excluding hydrogens is 268 g/mol. The van der Waals surface area contributed by atoms with Gasteiger partial charge in [-0.3, -0.25) is 16.0 Å². The van der Waals surface area contributed by atoms with Crippen LogP contribution in [-0.4, -0.2) is 11.1 Å². The van der Waals surface area contributed by atoms with Gasteiger partial charge in [0.1, 0.15) is 0 Å². The quantitative estimate of drug-likeness (QED) is 0.593. The molecule has 19 heavy (non-hydrogen) atoms. The first kappa shape index (κ1) is 13.4. The Morgan fingerprint density at radius 3 is 2.74 bits per heavy atom. The first-order valence-electron chi connectivity index (χ1n) is 5.53. The van der Waals surface area contributed by atoms with E-state index >= 15 is 0 Å². The number of benzene rings is 1. The van der Waals surface area contributed by atoms with Crippen LogP contribution in [0.1, 0.15) is 21.6 Å². The van der Waals surface area contributed by atoms with Gasteiger partial charge in [-0.05, 0) is 32.0 Å². The van der Waals surface area contributed by atoms with Crippen molar-refractivity contribution in [1.29, 1.82) is 0 Å². The van der Waals surface area contributed by atoms with Crippen LogP contribution >= 0.6 is 11.6 Å². The zero-order chi connectivity index (χ0) is 14.0. The number of rotatable bonds is 3. The number of hydrogen-bond acceptors (Lipinski definition) is 5. The van der Waals surface area contributed by atoms with Gasteiger partial charge in [0.05, 0.1) is 16.9 Å². The number of aryl methyl sites for hydroxylation is 1. The molecule has 100 valence electrons. The van der Waals surface area contributed by atoms with Crippen molar-refractivity contribution in [1.82, 2.24) is 5.16 Å². The molecule has 0 unspecified atom stereocenters. The minimum Gasteiger partial charge on any atom is -0.338 e. The van der Waals surface area contributed by atoms with Crippen LogP contribution < -0.4 is 16.6 Å². The molecule has 0 atom stereocenters. The first-order chi connectivity index (χ1) is 9.02. The van der Waals surface area contributed by atoms with E-state index in [2.05, 4.69) is 15.9 Å². The van der Waals surface area contributed by atoms with Crippen LogP contribution in [0.15, 0.2) is 22.7 Å². The minimum atomic E-state index is -0.380. The second kappa shape index (κ2) is 5.29. The Kier molecular flexibility index (Phi) is 3.73. The lowest BCUT2D eigenvalue weighted by molar-refractivity contribution is 0.102. The van der Waals surface area contributed by atoms with Crippen molar-refractivity contribution < 1.29 is 9.32 Å². The summed E-state index contributed by atoms with van der Waals surface area (Å²) in [5.74, 6) is 5.29. The lowest BCUT2D eigenvalue weighted by Gasteiger charge is -2.08. The van der Waals surface area contributed by atoms with Crippen LogP contribution in [0.3, 0.4) is 0 Å². The zero-order valence-corrected chi connectivity index (χ0v) is 11.2. The van der Waals surface area contributed by atoms with Crippen molar-refractivity contribution in [3.63, 3.8) is 0 Å². The summed E-state index contributed by atoms with van der Waals surface area (Å²) in [6.45, 7) is 3.60. The molecular formula is C12H13ClN4O2. The fourth-order valence-corrected chi connectivity index (χ4v) is 1.70. The van der Waals surface area contributed by atoms with Gasteiger partial charge in [0.25, 0.3) is 5.91 Å². The molecule has 0 spiro atoms. The van der Waals surface area contributed by atoms with Crippen LogP contribution in [0, 0.1) is 13.8 Å². The molecule has 2 rings (SSSR count). The maximum Gasteiger partial charge on any atom is 0.260 e. The summed E-state index contributed by atoms with van der Waals surface area (Å²) in [5.41, 5.74) is 4.73. The van der Waals surface area contributed by atoms with Crippen LogP contribution in [0.25, 0.3) is 0 Å². The molecule has 0 saturated heterocycles. The van der Waals surface area contributed by atoms with E-state index in [-0.39, 0.29) is 5.91 Å². The molecule has 0 saturated carbocycles. The van der Waals surface area contributed by atoms with Gasteiger partial charge in [-0.25, -0.2) is 0 Å². The maximum atomic E-state index is 12.2. The summed E-state index contributed by atoms with van der Waals surface area (Å²) >= 11 is 5.87. The maximum absolute atomic E-state index is 12.2. The average Bonchev–Trinajstić information content (AvgIpc) is 2.70. The fourth-order valence-electron chi connectivity index (χ4n) is 1.53. The number of carbonyl (C=O) groups excluding carboxylic acids is 1. The highest BCUT2D eigenvalue weighted by atomic mass is 35.5. The normalized spacial score (nSPS) is 10.3. The number of hydrogen-bond donors (Lipinski definition) is 3. The van der Waals surface area contributed by atoms with Crippen molar-refractivity contribution in [2.45, 2.75) is 13.8 Å². The Hall–Kier alpha value is -2.05. The highest BCUT2D eigenvalue weighted by Gasteiger charge is 2.16. The van der Waals surface area contributed by atoms with Crippen molar-refractivity contribution in [2.75, 3.05) is 10.7 Å². The molecule has 2 aromatic rings. The molecule has 0 fully saturated rings. The Morgan fingerprint density at radius 1 is 1.42 bits per heavy atom. The molecule has 0 bridgehead atoms. The Balaban J connectivity index is 2.30. The number of nitrogen functional groups attached to an aromatic ring is 1. The molecule has 6 nitrogen and oxygen atoms in total. The van der Waals surface area contributed by atoms with Gasteiger partial charge in [-0.15, -0.1) is 0 Å². The third kappa shape index (κ3) is 2.69. The largest absolute Gasteiger partial charge is 0.338 e. The topological polar surface area (TPSA) is 93.2 Å². The van der Waals surface area contributed by atoms with E-state index in [1.165, 1.54) is 6.07 Å². The van der Waals surface area contributed by atoms with E-state index in [0.29, 0.717) is 22.2 Å². The van der Waals surface area contributed by atoms with Crippen LogP contribution in [0.4, 0.5) is 11.6 Å². The summed E-state index contributed by atoms with van der Waals surface area (Å²) in [4.78, 5) is 12.2. The van der Waals surface area contributed by atoms with E-state index in [1.807, 2.05) is 6.92 Å². The molecule has 0 aliphatic heterocycles. The van der Waals surface area contributed by atoms with Crippen LogP contribution in [-0.2, 0) is 0 Å². The third-order valence-electron chi connectivity index (χ3n) is 2.77. The monoisotopic (exact) mass is 280 g/mol. The van der Waals surface area contributed by atoms with Gasteiger partial charge in [-0.2, -0.15) is 0 Å². The van der Waals surface area contributed by atoms with E-state index in [0.717, 1.165) is 11.3 Å². The summed E-state index contributed by atoms with van der Waals surface area (Å²) in [6, 6.07) is 4.78. The predicted octanol–water partition coefficient (Wildman–Crippen LogP) is 2.48. The number of carbonyl (C=O) groups is 1. The SMILES string of the molecule is Cc1noc(NC(=O)c2cc(Cl)ccc2NN)c1C. The minimum absolute atomic E-state index is 0.311. The average molecular weight is 281 g/mol. The van der Waals surface area contributed by atoms with E-state index in [4.69, 9.17) is 22.0 Å². The van der Waals surface area contributed by atoms with Gasteiger partial charge in [0.15, 0.2) is 0 Å². The smallest absolute Gasteiger partial charge is 0.260 e. The van der Waals surface area contributed by atoms with Crippen molar-refractivity contribution >= 4 is 29.1 Å². The Morgan fingerprint density at radius 2 is 2.16 bits per heavy atom. The number of aromatic nitrogens is 1. The van der Waals surface area contributed by atoms with Gasteiger partial charge in [-0.1, -0.05) is 16.8 Å². The second-order valence-corrected chi connectivity index (χ2v) is 4.45. The number of nitrogens with two attached hydrogens (primary N) is 1. The molecule has 7 heteroatoms. The summed E-state index contributed by atoms with van der Waals surface area (Å²) in [7, 11) is 0. The lowest BCUT2D eigenvalue weighted by atomic mass is 10.1. The number of hydrazine groups is 1. The van der Waals surface area contributed by atoms with Crippen molar-refractivity contribution in [3.8, 4) is 0 Å². The van der Waals surface area contributed by atoms with Crippen molar-refractivity contribution in [2.24, 2.45) is 5.84 Å². The van der Waals surface area contributed by atoms with Gasteiger partial charge in [0, 0.05) is 10.6 Å². The number of nitrogens with one attached hydrogen (secondary N) is 2. The van der Waals surface area contributed by atoms with Crippen LogP contribution in [0.2, 0.25) is 5.02 Å². The highest BCUT2D eigenvalue weighted by Crippen LogP contribution is 2.23. The fraction of sp³-hybridized carbons (Fsp3) is 0.167. The predicted molar refractivity (Wildman–Crippen MR) is 73.2 cm³/mol. The van der Waals surface area contributed by atoms with E-state index in [9.17, 15) is 4.79 Å². The van der Waals surface area contributed by atoms with Crippen LogP contribution in [0.5, 0.6) is 0 Å². The number of amides is 1. The van der Waals surface area contributed by atoms with Gasteiger partial charge >= 0.3 is 0 Å². The third-order valence-corrected chi connectivity index (χ3v) is 3.00. The Labute approximate surface area is 114 Å². The lowest BCUT2D eigenvalue weighted by Crippen LogP contribution is -2.17. The number of nitrogens with zero attached hydrogens (tertiary/aromatic N) is 1. The summed E-state index contributed by atoms with van der Waals surface area (Å²) < 4.78 is 5.02. The molecule has 1 aromatic carbocycles. The first-order valence-corrected chi connectivity index (χ1v) is 5.91. The van der Waals surface area contributed by atoms with Gasteiger partial charge < -0.3 is 9.95 Å². The molecule has 4 N–H and O–H groups in total. The molecule has 1 amide bonds. The standard InChI is InChI=1S/C12H13ClN4O2/c1-6-7(2)17-19-12(6)15-11(18)9-5-8(13)3-4-10(9)16-14/h3-5,16H,14H2,1-2H3,(H,15,18). The highest BCUT2D eigenvalue weighted by molar-refractivity contribution is 6.31. The molecule has 0 radical (unpaired) electrons. The van der Waals surface area contributed by atoms with E-state index in [1.54, 1.807) is 19.1 Å². The Bertz CT molecular complexity index is 624. The molecule has 1 heterocycles. The van der Waals surface area contributed by atoms with E-state index < -0.39 is 0 Å². The zero-order valence-electron chi connectivity index (χ0n) is 10.5. The number of anilines is 2. The molecule has 1 aromatic heterocycles. The van der Waals surface area contributed by atoms with Gasteiger partial charge in [0.2, 0.25) is 5.88 Å². The summed E-state index contributed by atoms with van der Waals surface area (Å²) in [5, 5.41) is 6.83. The summed E-state index contributed by atoms with van der Waals surface area (Å²) in [6.07, 6.45) is 0. The molecule has 0 aliphatic carbocycles.